The number of phenolic OH excluding ortho intramolecular Hbond substituents is 2. The number of aryl methyl sites for hydroxylation is 1. The van der Waals surface area contributed by atoms with Crippen molar-refractivity contribution in [3.8, 4) is 17.2 Å². The number of hydrogen-bond acceptors (Lipinski definition) is 30. The van der Waals surface area contributed by atoms with E-state index in [2.05, 4.69) is 40.3 Å². The molecule has 1 fully saturated rings. The molecule has 0 spiro atoms. The zero-order valence-electron chi connectivity index (χ0n) is 50.5. The Balaban J connectivity index is 0.000000145. The zero-order chi connectivity index (χ0) is 71.0. The highest BCUT2D eigenvalue weighted by molar-refractivity contribution is 5.92. The maximum Gasteiger partial charge on any atom is 0.417 e. The molecule has 38 heteroatoms. The van der Waals surface area contributed by atoms with E-state index in [9.17, 15) is 78.8 Å². The van der Waals surface area contributed by atoms with Gasteiger partial charge in [0.15, 0.2) is 22.5 Å². The second-order valence-electron chi connectivity index (χ2n) is 20.8. The molecule has 0 saturated carbocycles. The number of furan rings is 1. The first-order valence-electron chi connectivity index (χ1n) is 28.0. The number of nitrogen functional groups attached to an aromatic ring is 2. The van der Waals surface area contributed by atoms with Crippen LogP contribution in [0.15, 0.2) is 182 Å². The number of aromatic amines is 4. The highest BCUT2D eigenvalue weighted by atomic mass is 16.6. The number of hydrogen-bond donors (Lipinski definition) is 11. The number of benzene rings is 6. The number of fused-ring (bicyclic) bond motifs is 4. The van der Waals surface area contributed by atoms with Gasteiger partial charge in [0.2, 0.25) is 11.3 Å². The standard InChI is InChI=1S/C21H19N3O6.C13H10N2O5.C7H4N2O4.C7H6N2O2.C6H4N2O5.C6H6N2O3/c1-10-6-7-13(29-10)19(21(2)8-28-9-21)24-15-14(16(25)17(15)26)22-11-4-3-5-12-18(11)30-20(27)23-12;1-2-19-12-8(9(16)10(12)17)14-6-4-3-5-7-11(6)20-13(18)15-7;10-7-8-4-2-1-3-5(9(11)12)6(4)13-7;8-4-2-1-3-5-6(4)11-7(10)9-5;9-6-4(7(10)11)2-1-3-5(6)8(12)13;7-4-2-1-3-5(6(4)9)8(10)11/h3-7,19,22,24H,8-9H2,1-2H3,(H,23,27);3-5,14H,2H2,1H3,(H,15,18);1-3H,(H,8,10);1-3H,8H2,(H,9,10);1-3,9H;1-3,9H,7H2. The molecule has 38 nitrogen and oxygen atoms in total. The molecule has 1 atom stereocenters. The average molecular weight is 1350 g/mol. The quantitative estimate of drug-likeness (QED) is 0.0168. The van der Waals surface area contributed by atoms with Gasteiger partial charge in [-0.1, -0.05) is 37.3 Å². The molecule has 8 aromatic carbocycles. The normalized spacial score (nSPS) is 12.2. The van der Waals surface area contributed by atoms with Gasteiger partial charge in [-0.25, -0.2) is 19.2 Å². The van der Waals surface area contributed by atoms with Crippen molar-refractivity contribution in [2.75, 3.05) is 47.2 Å². The van der Waals surface area contributed by atoms with Gasteiger partial charge in [0, 0.05) is 29.7 Å². The van der Waals surface area contributed by atoms with Crippen LogP contribution >= 0.6 is 0 Å². The second kappa shape index (κ2) is 28.3. The number of aromatic nitrogens is 4. The molecule has 1 aliphatic heterocycles. The van der Waals surface area contributed by atoms with Gasteiger partial charge in [-0.05, 0) is 80.6 Å². The first-order chi connectivity index (χ1) is 46.6. The summed E-state index contributed by atoms with van der Waals surface area (Å²) >= 11 is 0. The molecule has 504 valence electrons. The lowest BCUT2D eigenvalue weighted by molar-refractivity contribution is -0.396. The number of para-hydroxylation sites is 6. The molecule has 1 unspecified atom stereocenters. The summed E-state index contributed by atoms with van der Waals surface area (Å²) in [6, 6.07) is 29.9. The predicted octanol–water partition coefficient (Wildman–Crippen LogP) is 7.24. The van der Waals surface area contributed by atoms with Crippen LogP contribution in [0.5, 0.6) is 17.2 Å². The minimum atomic E-state index is -0.919. The fourth-order valence-corrected chi connectivity index (χ4v) is 9.37. The zero-order valence-corrected chi connectivity index (χ0v) is 50.5. The van der Waals surface area contributed by atoms with Crippen LogP contribution in [0.2, 0.25) is 0 Å². The predicted molar refractivity (Wildman–Crippen MR) is 348 cm³/mol. The Morgan fingerprint density at radius 1 is 0.500 bits per heavy atom. The molecule has 14 rings (SSSR count). The van der Waals surface area contributed by atoms with Crippen LogP contribution in [0.1, 0.15) is 31.4 Å². The molecule has 1 saturated heterocycles. The summed E-state index contributed by atoms with van der Waals surface area (Å²) in [7, 11) is 0. The van der Waals surface area contributed by atoms with Gasteiger partial charge in [-0.3, -0.25) is 79.6 Å². The summed E-state index contributed by atoms with van der Waals surface area (Å²) in [5, 5.41) is 68.0. The van der Waals surface area contributed by atoms with Crippen molar-refractivity contribution in [2.45, 2.75) is 26.8 Å². The first-order valence-corrected chi connectivity index (χ1v) is 28.0. The van der Waals surface area contributed by atoms with E-state index in [1.54, 1.807) is 61.5 Å². The van der Waals surface area contributed by atoms with Gasteiger partial charge in [0.1, 0.15) is 28.6 Å². The first kappa shape index (κ1) is 68.2. The van der Waals surface area contributed by atoms with Crippen LogP contribution < -0.4 is 76.9 Å². The molecule has 0 bridgehead atoms. The fraction of sp³-hybridized carbons (Fsp3) is 0.133. The van der Waals surface area contributed by atoms with Gasteiger partial charge >= 0.3 is 45.8 Å². The SMILES string of the molecule is CCOc1c(Nc2cccc3[nH]c(=O)oc23)c(=O)c1=O.Cc1ccc(C(Nc2c(Nc3cccc4[nH]c(=O)oc34)c(=O)c2=O)C2(C)COC2)o1.Nc1cccc([N+](=O)[O-])c1O.Nc1cccc2[nH]c(=O)oc12.O=[N+]([O-])c1cccc([N+](=O)[O-])c1O.O=c1[nH]c2cccc([N+](=O)[O-])c2o1. The minimum absolute atomic E-state index is 0.00684. The van der Waals surface area contributed by atoms with Gasteiger partial charge in [0.05, 0.1) is 90.4 Å². The third-order valence-corrected chi connectivity index (χ3v) is 14.1. The van der Waals surface area contributed by atoms with E-state index in [4.69, 9.17) is 48.8 Å². The van der Waals surface area contributed by atoms with Gasteiger partial charge in [0.25, 0.3) is 27.5 Å². The van der Waals surface area contributed by atoms with Crippen LogP contribution in [-0.4, -0.2) is 69.7 Å². The van der Waals surface area contributed by atoms with Gasteiger partial charge < -0.3 is 69.2 Å². The number of rotatable bonds is 14. The van der Waals surface area contributed by atoms with Crippen molar-refractivity contribution in [1.82, 2.24) is 19.9 Å². The number of aromatic hydroxyl groups is 2. The van der Waals surface area contributed by atoms with Crippen molar-refractivity contribution in [1.29, 1.82) is 0 Å². The lowest BCUT2D eigenvalue weighted by Gasteiger charge is -2.44. The van der Waals surface area contributed by atoms with E-state index in [0.29, 0.717) is 63.7 Å². The van der Waals surface area contributed by atoms with Crippen LogP contribution in [0.25, 0.3) is 44.4 Å². The molecule has 13 N–H and O–H groups in total. The molecular formula is C60H49N13O25. The van der Waals surface area contributed by atoms with E-state index >= 15 is 0 Å². The van der Waals surface area contributed by atoms with Gasteiger partial charge in [-0.15, -0.1) is 0 Å². The summed E-state index contributed by atoms with van der Waals surface area (Å²) in [6.45, 7) is 6.86. The van der Waals surface area contributed by atoms with E-state index in [1.807, 2.05) is 26.0 Å². The molecule has 5 aromatic heterocycles. The number of nitro benzene ring substituents is 4. The number of anilines is 7. The molecule has 13 aromatic rings. The van der Waals surface area contributed by atoms with Crippen LogP contribution in [0, 0.1) is 52.8 Å². The van der Waals surface area contributed by atoms with E-state index < -0.39 is 87.3 Å². The Kier molecular flexibility index (Phi) is 19.7. The van der Waals surface area contributed by atoms with Crippen LogP contribution in [-0.2, 0) is 4.74 Å². The summed E-state index contributed by atoms with van der Waals surface area (Å²) < 4.78 is 35.8. The lowest BCUT2D eigenvalue weighted by Crippen LogP contribution is -2.49. The Hall–Kier alpha value is -14.2. The van der Waals surface area contributed by atoms with Crippen molar-refractivity contribution in [3.63, 3.8) is 0 Å². The summed E-state index contributed by atoms with van der Waals surface area (Å²) in [6.07, 6.45) is 0. The fourth-order valence-electron chi connectivity index (χ4n) is 9.37. The second-order valence-corrected chi connectivity index (χ2v) is 20.8. The number of nitrogens with one attached hydrogen (secondary N) is 7. The Labute approximate surface area is 539 Å². The maximum absolute atomic E-state index is 12.4. The van der Waals surface area contributed by atoms with Crippen LogP contribution in [0.4, 0.5) is 62.6 Å². The number of phenols is 2. The van der Waals surface area contributed by atoms with E-state index in [0.717, 1.165) is 24.0 Å². The largest absolute Gasteiger partial charge is 0.501 e. The maximum atomic E-state index is 12.4. The number of oxazole rings is 4. The molecule has 0 aliphatic carbocycles. The number of nitrogens with zero attached hydrogens (tertiary/aromatic N) is 4. The molecule has 6 heterocycles. The van der Waals surface area contributed by atoms with Crippen molar-refractivity contribution in [2.24, 2.45) is 5.41 Å². The highest BCUT2D eigenvalue weighted by Gasteiger charge is 2.45. The Morgan fingerprint density at radius 3 is 1.36 bits per heavy atom. The average Bonchev–Trinajstić information content (AvgIpc) is 1.46. The number of nitrogens with two attached hydrogens (primary N) is 2. The smallest absolute Gasteiger partial charge is 0.417 e. The Morgan fingerprint density at radius 2 is 0.898 bits per heavy atom. The van der Waals surface area contributed by atoms with E-state index in [-0.39, 0.29) is 74.7 Å². The number of non-ortho nitro benzene ring substituents is 1. The summed E-state index contributed by atoms with van der Waals surface area (Å²) in [5.41, 5.74) is 10.5. The molecular weight excluding hydrogens is 1300 g/mol. The molecule has 98 heavy (non-hydrogen) atoms. The van der Waals surface area contributed by atoms with E-state index in [1.165, 1.54) is 36.4 Å². The minimum Gasteiger partial charge on any atom is -0.501 e. The molecule has 0 amide bonds. The summed E-state index contributed by atoms with van der Waals surface area (Å²) in [5.74, 6) is -2.34. The van der Waals surface area contributed by atoms with Crippen molar-refractivity contribution in [3.05, 3.63) is 256 Å². The highest BCUT2D eigenvalue weighted by Crippen LogP contribution is 2.44. The summed E-state index contributed by atoms with van der Waals surface area (Å²) in [4.78, 5) is 140. The van der Waals surface area contributed by atoms with Crippen molar-refractivity contribution >= 4 is 107 Å². The van der Waals surface area contributed by atoms with Gasteiger partial charge in [-0.2, -0.15) is 0 Å². The Bertz CT molecular complexity index is 5570. The third-order valence-electron chi connectivity index (χ3n) is 14.1. The lowest BCUT2D eigenvalue weighted by atomic mass is 9.79. The topological polar surface area (TPSA) is 585 Å². The monoisotopic (exact) mass is 1350 g/mol. The number of ether oxygens (including phenoxy) is 2. The molecule has 0 radical (unpaired) electrons. The number of H-pyrrole nitrogens is 4. The molecule has 1 aliphatic rings. The number of nitro groups is 4. The third kappa shape index (κ3) is 14.5. The van der Waals surface area contributed by atoms with Crippen LogP contribution in [0.3, 0.4) is 0 Å². The van der Waals surface area contributed by atoms with Crippen molar-refractivity contribution < 1.29 is 61.5 Å².